The molecular weight excluding hydrogens is 354 g/mol. The molecular formula is C22H33N3O3. The molecule has 6 heteroatoms. The Bertz CT molecular complexity index is 722. The van der Waals surface area contributed by atoms with Crippen LogP contribution < -0.4 is 0 Å². The highest BCUT2D eigenvalue weighted by Crippen LogP contribution is 2.32. The van der Waals surface area contributed by atoms with Gasteiger partial charge in [0, 0.05) is 50.2 Å². The molecule has 1 unspecified atom stereocenters. The van der Waals surface area contributed by atoms with E-state index >= 15 is 0 Å². The molecule has 6 nitrogen and oxygen atoms in total. The van der Waals surface area contributed by atoms with Crippen LogP contribution in [-0.2, 0) is 9.53 Å². The van der Waals surface area contributed by atoms with E-state index in [1.165, 1.54) is 37.8 Å². The highest BCUT2D eigenvalue weighted by molar-refractivity contribution is 5.96. The molecule has 2 aliphatic heterocycles. The van der Waals surface area contributed by atoms with E-state index in [4.69, 9.17) is 4.74 Å². The quantitative estimate of drug-likeness (QED) is 0.801. The number of ether oxygens (including phenoxy) is 1. The fourth-order valence-electron chi connectivity index (χ4n) is 5.17. The first-order chi connectivity index (χ1) is 13.6. The molecule has 1 saturated carbocycles. The van der Waals surface area contributed by atoms with Gasteiger partial charge in [-0.15, -0.1) is 0 Å². The molecule has 2 amide bonds. The van der Waals surface area contributed by atoms with Crippen molar-refractivity contribution in [2.75, 3.05) is 32.8 Å². The third kappa shape index (κ3) is 3.71. The van der Waals surface area contributed by atoms with Gasteiger partial charge in [0.15, 0.2) is 0 Å². The van der Waals surface area contributed by atoms with Crippen LogP contribution >= 0.6 is 0 Å². The number of hydrogen-bond donors (Lipinski definition) is 0. The third-order valence-electron chi connectivity index (χ3n) is 6.74. The molecule has 0 bridgehead atoms. The second-order valence-electron chi connectivity index (χ2n) is 8.57. The number of aromatic nitrogens is 1. The molecule has 3 heterocycles. The van der Waals surface area contributed by atoms with Gasteiger partial charge in [-0.05, 0) is 45.6 Å². The van der Waals surface area contributed by atoms with Gasteiger partial charge in [0.2, 0.25) is 0 Å². The van der Waals surface area contributed by atoms with Gasteiger partial charge in [0.1, 0.15) is 6.10 Å². The average molecular weight is 388 g/mol. The van der Waals surface area contributed by atoms with Gasteiger partial charge in [-0.2, -0.15) is 0 Å². The van der Waals surface area contributed by atoms with Crippen LogP contribution in [0.1, 0.15) is 72.7 Å². The standard InChI is InChI=1S/C22H33N3O3/c1-16-15-19(17(2)25(16)18-7-4-3-5-8-18)21(26)23-10-12-24(13-11-23)22(27)20-9-6-14-28-20/h15,18,20H,3-14H2,1-2H3. The lowest BCUT2D eigenvalue weighted by molar-refractivity contribution is -0.142. The fraction of sp³-hybridized carbons (Fsp3) is 0.727. The molecule has 28 heavy (non-hydrogen) atoms. The van der Waals surface area contributed by atoms with Crippen LogP contribution in [0.4, 0.5) is 0 Å². The predicted octanol–water partition coefficient (Wildman–Crippen LogP) is 3.07. The summed E-state index contributed by atoms with van der Waals surface area (Å²) in [5, 5.41) is 0. The van der Waals surface area contributed by atoms with E-state index in [1.54, 1.807) is 0 Å². The summed E-state index contributed by atoms with van der Waals surface area (Å²) >= 11 is 0. The topological polar surface area (TPSA) is 54.8 Å². The summed E-state index contributed by atoms with van der Waals surface area (Å²) in [7, 11) is 0. The van der Waals surface area contributed by atoms with Crippen molar-refractivity contribution in [2.45, 2.75) is 70.9 Å². The van der Waals surface area contributed by atoms with Crippen LogP contribution in [0.15, 0.2) is 6.07 Å². The number of carbonyl (C=O) groups is 2. The van der Waals surface area contributed by atoms with Crippen LogP contribution in [0.3, 0.4) is 0 Å². The molecule has 0 aromatic carbocycles. The Morgan fingerprint density at radius 1 is 0.929 bits per heavy atom. The molecule has 1 aromatic rings. The SMILES string of the molecule is Cc1cc(C(=O)N2CCN(C(=O)C3CCCO3)CC2)c(C)n1C1CCCCC1. The minimum atomic E-state index is -0.267. The minimum absolute atomic E-state index is 0.0973. The van der Waals surface area contributed by atoms with Crippen LogP contribution in [0.2, 0.25) is 0 Å². The van der Waals surface area contributed by atoms with E-state index in [-0.39, 0.29) is 17.9 Å². The van der Waals surface area contributed by atoms with E-state index in [1.807, 2.05) is 9.80 Å². The number of piperazine rings is 1. The molecule has 154 valence electrons. The number of carbonyl (C=O) groups excluding carboxylic acids is 2. The Morgan fingerprint density at radius 2 is 1.61 bits per heavy atom. The second kappa shape index (κ2) is 8.27. The fourth-order valence-corrected chi connectivity index (χ4v) is 5.17. The summed E-state index contributed by atoms with van der Waals surface area (Å²) in [5.74, 6) is 0.208. The first-order valence-electron chi connectivity index (χ1n) is 10.9. The molecule has 1 aromatic heterocycles. The van der Waals surface area contributed by atoms with Crippen molar-refractivity contribution >= 4 is 11.8 Å². The normalized spacial score (nSPS) is 24.0. The zero-order chi connectivity index (χ0) is 19.7. The number of hydrogen-bond acceptors (Lipinski definition) is 3. The highest BCUT2D eigenvalue weighted by Gasteiger charge is 2.32. The first-order valence-corrected chi connectivity index (χ1v) is 10.9. The molecule has 4 rings (SSSR count). The highest BCUT2D eigenvalue weighted by atomic mass is 16.5. The van der Waals surface area contributed by atoms with E-state index in [0.29, 0.717) is 38.8 Å². The van der Waals surface area contributed by atoms with Gasteiger partial charge in [-0.3, -0.25) is 9.59 Å². The maximum absolute atomic E-state index is 13.2. The lowest BCUT2D eigenvalue weighted by Crippen LogP contribution is -2.52. The smallest absolute Gasteiger partial charge is 0.255 e. The van der Waals surface area contributed by atoms with E-state index < -0.39 is 0 Å². The van der Waals surface area contributed by atoms with Crippen LogP contribution in [0.5, 0.6) is 0 Å². The molecule has 1 aliphatic carbocycles. The van der Waals surface area contributed by atoms with Crippen molar-refractivity contribution in [3.63, 3.8) is 0 Å². The molecule has 0 radical (unpaired) electrons. The third-order valence-corrected chi connectivity index (χ3v) is 6.74. The summed E-state index contributed by atoms with van der Waals surface area (Å²) in [5.41, 5.74) is 3.13. The molecule has 2 saturated heterocycles. The zero-order valence-corrected chi connectivity index (χ0v) is 17.3. The zero-order valence-electron chi connectivity index (χ0n) is 17.3. The van der Waals surface area contributed by atoms with Gasteiger partial charge >= 0.3 is 0 Å². The van der Waals surface area contributed by atoms with Gasteiger partial charge in [0.05, 0.1) is 5.56 Å². The van der Waals surface area contributed by atoms with Crippen LogP contribution in [-0.4, -0.2) is 65.1 Å². The Balaban J connectivity index is 1.41. The molecule has 3 fully saturated rings. The van der Waals surface area contributed by atoms with Gasteiger partial charge in [-0.1, -0.05) is 19.3 Å². The maximum Gasteiger partial charge on any atom is 0.255 e. The number of nitrogens with zero attached hydrogens (tertiary/aromatic N) is 3. The second-order valence-corrected chi connectivity index (χ2v) is 8.57. The van der Waals surface area contributed by atoms with Crippen molar-refractivity contribution in [3.8, 4) is 0 Å². The molecule has 0 N–H and O–H groups in total. The van der Waals surface area contributed by atoms with Crippen molar-refractivity contribution in [1.82, 2.24) is 14.4 Å². The summed E-state index contributed by atoms with van der Waals surface area (Å²) in [6.07, 6.45) is 7.85. The number of rotatable bonds is 3. The molecule has 3 aliphatic rings. The summed E-state index contributed by atoms with van der Waals surface area (Å²) in [6, 6.07) is 2.60. The number of amides is 2. The first kappa shape index (κ1) is 19.5. The average Bonchev–Trinajstić information content (AvgIpc) is 3.36. The number of aryl methyl sites for hydroxylation is 1. The predicted molar refractivity (Wildman–Crippen MR) is 107 cm³/mol. The Morgan fingerprint density at radius 3 is 2.25 bits per heavy atom. The lowest BCUT2D eigenvalue weighted by Gasteiger charge is -2.35. The summed E-state index contributed by atoms with van der Waals surface area (Å²) in [4.78, 5) is 29.5. The Labute approximate surface area is 167 Å². The summed E-state index contributed by atoms with van der Waals surface area (Å²) in [6.45, 7) is 7.31. The monoisotopic (exact) mass is 387 g/mol. The van der Waals surface area contributed by atoms with Crippen molar-refractivity contribution in [3.05, 3.63) is 23.0 Å². The van der Waals surface area contributed by atoms with E-state index in [0.717, 1.165) is 24.1 Å². The lowest BCUT2D eigenvalue weighted by atomic mass is 9.95. The maximum atomic E-state index is 13.2. The molecule has 0 spiro atoms. The van der Waals surface area contributed by atoms with Crippen molar-refractivity contribution in [1.29, 1.82) is 0 Å². The largest absolute Gasteiger partial charge is 0.368 e. The van der Waals surface area contributed by atoms with E-state index in [9.17, 15) is 9.59 Å². The summed E-state index contributed by atoms with van der Waals surface area (Å²) < 4.78 is 7.92. The van der Waals surface area contributed by atoms with Crippen LogP contribution in [0, 0.1) is 13.8 Å². The van der Waals surface area contributed by atoms with Crippen LogP contribution in [0.25, 0.3) is 0 Å². The van der Waals surface area contributed by atoms with Gasteiger partial charge in [-0.25, -0.2) is 0 Å². The Hall–Kier alpha value is -1.82. The minimum Gasteiger partial charge on any atom is -0.368 e. The Kier molecular flexibility index (Phi) is 5.76. The van der Waals surface area contributed by atoms with E-state index in [2.05, 4.69) is 24.5 Å². The van der Waals surface area contributed by atoms with Gasteiger partial charge < -0.3 is 19.1 Å². The molecule has 1 atom stereocenters. The van der Waals surface area contributed by atoms with Crippen molar-refractivity contribution in [2.24, 2.45) is 0 Å². The van der Waals surface area contributed by atoms with Gasteiger partial charge in [0.25, 0.3) is 11.8 Å². The van der Waals surface area contributed by atoms with Crippen molar-refractivity contribution < 1.29 is 14.3 Å².